The van der Waals surface area contributed by atoms with Crippen LogP contribution in [0.3, 0.4) is 0 Å². The topological polar surface area (TPSA) is 77.5 Å². The zero-order chi connectivity index (χ0) is 18.4. The molecule has 0 spiro atoms. The van der Waals surface area contributed by atoms with Crippen LogP contribution in [0.25, 0.3) is 10.7 Å². The van der Waals surface area contributed by atoms with Crippen LogP contribution < -0.4 is 5.32 Å². The second-order valence-electron chi connectivity index (χ2n) is 5.01. The number of diazo groups is 1. The van der Waals surface area contributed by atoms with E-state index in [1.807, 2.05) is 0 Å². The number of aliphatic hydroxyl groups excluding tert-OH is 1. The molecule has 2 rings (SSSR count). The molecule has 0 aliphatic heterocycles. The van der Waals surface area contributed by atoms with E-state index in [0.29, 0.717) is 11.1 Å². The first-order valence-electron chi connectivity index (χ1n) is 7.11. The van der Waals surface area contributed by atoms with Crippen molar-refractivity contribution in [3.8, 4) is 0 Å². The Morgan fingerprint density at radius 1 is 1.04 bits per heavy atom. The number of halogens is 3. The fourth-order valence-electron chi connectivity index (χ4n) is 2.15. The van der Waals surface area contributed by atoms with Gasteiger partial charge >= 0.3 is 5.70 Å². The van der Waals surface area contributed by atoms with Gasteiger partial charge in [0.2, 0.25) is 11.2 Å². The highest BCUT2D eigenvalue weighted by Crippen LogP contribution is 2.32. The van der Waals surface area contributed by atoms with E-state index in [-0.39, 0.29) is 11.5 Å². The Morgan fingerprint density at radius 3 is 2.04 bits per heavy atom. The van der Waals surface area contributed by atoms with Crippen molar-refractivity contribution >= 4 is 46.5 Å². The van der Waals surface area contributed by atoms with E-state index in [4.69, 9.17) is 34.8 Å². The van der Waals surface area contributed by atoms with Gasteiger partial charge in [0.1, 0.15) is 0 Å². The number of nitrogens with zero attached hydrogens (tertiary/aromatic N) is 2. The molecule has 1 amide bonds. The Bertz CT molecular complexity index is 813. The Hall–Kier alpha value is -2.26. The summed E-state index contributed by atoms with van der Waals surface area (Å²) in [6.45, 7) is 0. The molecular weight excluding hydrogens is 385 g/mol. The largest absolute Gasteiger partial charge is 0.501 e. The summed E-state index contributed by atoms with van der Waals surface area (Å²) in [4.78, 5) is 15.3. The lowest BCUT2D eigenvalue weighted by molar-refractivity contribution is -0.120. The van der Waals surface area contributed by atoms with Gasteiger partial charge in [0, 0.05) is 5.56 Å². The summed E-state index contributed by atoms with van der Waals surface area (Å²) >= 11 is 16.8. The minimum Gasteiger partial charge on any atom is -0.501 e. The Balaban J connectivity index is 2.54. The number of aliphatic hydroxyl groups is 1. The summed E-state index contributed by atoms with van der Waals surface area (Å²) in [5.74, 6) is -1.24. The minimum atomic E-state index is -2.21. The lowest BCUT2D eigenvalue weighted by Crippen LogP contribution is -2.38. The van der Waals surface area contributed by atoms with Crippen LogP contribution >= 0.6 is 34.8 Å². The minimum absolute atomic E-state index is 0.194. The van der Waals surface area contributed by atoms with Crippen molar-refractivity contribution in [3.63, 3.8) is 0 Å². The summed E-state index contributed by atoms with van der Waals surface area (Å²) in [6.07, 6.45) is 0. The molecule has 1 atom stereocenters. The third-order valence-electron chi connectivity index (χ3n) is 3.34. The highest BCUT2D eigenvalue weighted by atomic mass is 35.6. The van der Waals surface area contributed by atoms with Crippen LogP contribution in [0.2, 0.25) is 0 Å². The molecule has 5 nitrogen and oxygen atoms in total. The van der Waals surface area contributed by atoms with Gasteiger partial charge in [0.15, 0.2) is 11.0 Å². The molecular formula is C17H13Cl3N3O2+. The number of hydrogen-bond donors (Lipinski definition) is 2. The molecule has 1 unspecified atom stereocenters. The van der Waals surface area contributed by atoms with Crippen molar-refractivity contribution in [2.45, 2.75) is 9.83 Å². The number of carbonyl (C=O) groups excluding carboxylic acids is 1. The van der Waals surface area contributed by atoms with Crippen molar-refractivity contribution in [3.05, 3.63) is 82.5 Å². The number of benzene rings is 2. The fraction of sp³-hybridized carbons (Fsp3) is 0.118. The first kappa shape index (κ1) is 19.1. The van der Waals surface area contributed by atoms with Crippen molar-refractivity contribution in [2.24, 2.45) is 0 Å². The lowest BCUT2D eigenvalue weighted by Gasteiger charge is -2.17. The molecule has 0 aromatic heterocycles. The summed E-state index contributed by atoms with van der Waals surface area (Å²) in [7, 11) is 0. The Kier molecular flexibility index (Phi) is 6.27. The molecule has 0 fully saturated rings. The van der Waals surface area contributed by atoms with E-state index in [9.17, 15) is 15.3 Å². The van der Waals surface area contributed by atoms with E-state index >= 15 is 0 Å². The zero-order valence-electron chi connectivity index (χ0n) is 12.7. The van der Waals surface area contributed by atoms with Gasteiger partial charge in [-0.3, -0.25) is 4.79 Å². The number of alkyl halides is 3. The predicted molar refractivity (Wildman–Crippen MR) is 98.7 cm³/mol. The summed E-state index contributed by atoms with van der Waals surface area (Å²) in [6, 6.07) is 16.0. The van der Waals surface area contributed by atoms with E-state index in [1.165, 1.54) is 0 Å². The average molecular weight is 398 g/mol. The number of nitrogens with one attached hydrogen (secondary N) is 1. The van der Waals surface area contributed by atoms with Gasteiger partial charge in [0.25, 0.3) is 9.70 Å². The maximum absolute atomic E-state index is 12.1. The number of carbonyl (C=O) groups is 1. The molecule has 2 aromatic carbocycles. The lowest BCUT2D eigenvalue weighted by atomic mass is 10.0. The summed E-state index contributed by atoms with van der Waals surface area (Å²) < 4.78 is -2.21. The van der Waals surface area contributed by atoms with Crippen molar-refractivity contribution in [1.82, 2.24) is 5.32 Å². The summed E-state index contributed by atoms with van der Waals surface area (Å²) in [5, 5.41) is 22.4. The number of hydrogen-bond acceptors (Lipinski definition) is 3. The maximum Gasteiger partial charge on any atom is 0.429 e. The molecule has 0 radical (unpaired) electrons. The molecule has 0 aliphatic carbocycles. The number of rotatable bonds is 4. The highest BCUT2D eigenvalue weighted by molar-refractivity contribution is 6.76. The molecule has 0 saturated carbocycles. The van der Waals surface area contributed by atoms with Crippen LogP contribution in [0.4, 0.5) is 0 Å². The first-order valence-corrected chi connectivity index (χ1v) is 8.24. The average Bonchev–Trinajstić information content (AvgIpc) is 2.61. The van der Waals surface area contributed by atoms with Crippen LogP contribution in [0.15, 0.2) is 66.4 Å². The standard InChI is InChI=1S/C17H12Cl3N3O2/c18-17(19,20)16(25)22-13(11-7-3-1-4-8-11)14(23-21)15(24)12-9-5-2-6-10-12/h1-10,13H,(H-,22,24,25)/p+1/b15-14+. The second kappa shape index (κ2) is 8.21. The second-order valence-corrected chi connectivity index (χ2v) is 7.30. The monoisotopic (exact) mass is 396 g/mol. The number of amides is 1. The molecule has 128 valence electrons. The van der Waals surface area contributed by atoms with E-state index in [2.05, 4.69) is 10.3 Å². The third kappa shape index (κ3) is 4.86. The van der Waals surface area contributed by atoms with Gasteiger partial charge in [-0.1, -0.05) is 95.5 Å². The Morgan fingerprint density at radius 2 is 1.56 bits per heavy atom. The van der Waals surface area contributed by atoms with Gasteiger partial charge in [0.05, 0.1) is 0 Å². The maximum atomic E-state index is 12.1. The molecule has 2 N–H and O–H groups in total. The molecule has 25 heavy (non-hydrogen) atoms. The SMILES string of the molecule is N#[N+]/C(=C(/O)c1ccccc1)C(NC(=O)C(Cl)(Cl)Cl)c1ccccc1. The molecule has 0 heterocycles. The normalized spacial score (nSPS) is 13.4. The summed E-state index contributed by atoms with van der Waals surface area (Å²) in [5.41, 5.74) is 0.736. The van der Waals surface area contributed by atoms with Crippen LogP contribution in [-0.2, 0) is 4.79 Å². The van der Waals surface area contributed by atoms with Gasteiger partial charge in [-0.2, -0.15) is 0 Å². The van der Waals surface area contributed by atoms with Crippen LogP contribution in [0.1, 0.15) is 17.2 Å². The van der Waals surface area contributed by atoms with E-state index < -0.39 is 15.7 Å². The van der Waals surface area contributed by atoms with Gasteiger partial charge < -0.3 is 10.4 Å². The third-order valence-corrected chi connectivity index (χ3v) is 3.85. The van der Waals surface area contributed by atoms with E-state index in [1.54, 1.807) is 60.7 Å². The van der Waals surface area contributed by atoms with Gasteiger partial charge in [-0.25, -0.2) is 0 Å². The smallest absolute Gasteiger partial charge is 0.429 e. The molecule has 2 aromatic rings. The highest BCUT2D eigenvalue weighted by Gasteiger charge is 2.39. The first-order chi connectivity index (χ1) is 11.8. The van der Waals surface area contributed by atoms with Crippen molar-refractivity contribution in [2.75, 3.05) is 0 Å². The van der Waals surface area contributed by atoms with E-state index in [0.717, 1.165) is 0 Å². The predicted octanol–water partition coefficient (Wildman–Crippen LogP) is 4.99. The van der Waals surface area contributed by atoms with Crippen LogP contribution in [-0.4, -0.2) is 14.8 Å². The Labute approximate surface area is 159 Å². The molecule has 8 heteroatoms. The quantitative estimate of drug-likeness (QED) is 0.433. The van der Waals surface area contributed by atoms with Crippen molar-refractivity contribution < 1.29 is 9.90 Å². The fourth-order valence-corrected chi connectivity index (χ4v) is 2.32. The van der Waals surface area contributed by atoms with Crippen LogP contribution in [0, 0.1) is 5.39 Å². The molecule has 0 bridgehead atoms. The van der Waals surface area contributed by atoms with Gasteiger partial charge in [-0.05, 0) is 5.56 Å². The van der Waals surface area contributed by atoms with Crippen LogP contribution in [0.5, 0.6) is 0 Å². The molecule has 0 aliphatic rings. The van der Waals surface area contributed by atoms with Crippen molar-refractivity contribution in [1.29, 1.82) is 5.39 Å². The van der Waals surface area contributed by atoms with Gasteiger partial charge in [-0.15, -0.1) is 0 Å². The molecule has 0 saturated heterocycles. The zero-order valence-corrected chi connectivity index (χ0v) is 15.0.